The quantitative estimate of drug-likeness (QED) is 0.626. The molecule has 0 bridgehead atoms. The lowest BCUT2D eigenvalue weighted by Crippen LogP contribution is -2.09. The summed E-state index contributed by atoms with van der Waals surface area (Å²) in [5, 5.41) is 19.9. The molecule has 0 unspecified atom stereocenters. The molecular weight excluding hydrogens is 291 g/mol. The Hall–Kier alpha value is -2.23. The van der Waals surface area contributed by atoms with Gasteiger partial charge in [0, 0.05) is 6.20 Å². The molecule has 0 atom stereocenters. The van der Waals surface area contributed by atoms with Gasteiger partial charge in [-0.15, -0.1) is 5.10 Å². The average molecular weight is 294 g/mol. The third-order valence-electron chi connectivity index (χ3n) is 2.03. The Labute approximate surface area is 107 Å². The summed E-state index contributed by atoms with van der Waals surface area (Å²) in [6.07, 6.45) is -3.72. The monoisotopic (exact) mass is 293 g/mol. The number of hydrogen-bond acceptors (Lipinski definition) is 5. The molecule has 7 nitrogen and oxygen atoms in total. The Morgan fingerprint density at radius 2 is 2.11 bits per heavy atom. The lowest BCUT2D eigenvalue weighted by Gasteiger charge is -2.00. The minimum atomic E-state index is -5.00. The van der Waals surface area contributed by atoms with Gasteiger partial charge in [0.15, 0.2) is 5.82 Å². The van der Waals surface area contributed by atoms with E-state index >= 15 is 0 Å². The van der Waals surface area contributed by atoms with Crippen LogP contribution in [0.2, 0.25) is 5.15 Å². The largest absolute Gasteiger partial charge is 0.442 e. The van der Waals surface area contributed by atoms with Gasteiger partial charge in [-0.25, -0.2) is 0 Å². The fourth-order valence-electron chi connectivity index (χ4n) is 1.30. The van der Waals surface area contributed by atoms with Crippen LogP contribution in [0.3, 0.4) is 0 Å². The van der Waals surface area contributed by atoms with E-state index in [0.717, 1.165) is 0 Å². The standard InChI is InChI=1S/C8H3ClF3N5O2/c9-7-5(17(18)19)6(8(10,11)12)15-16(7)4-2-1-3-13-14-4/h1-3H. The molecule has 0 aliphatic rings. The Balaban J connectivity index is 2.70. The molecule has 0 radical (unpaired) electrons. The molecule has 0 spiro atoms. The van der Waals surface area contributed by atoms with Crippen LogP contribution in [0.15, 0.2) is 18.3 Å². The van der Waals surface area contributed by atoms with Crippen LogP contribution < -0.4 is 0 Å². The molecule has 0 amide bonds. The van der Waals surface area contributed by atoms with E-state index in [2.05, 4.69) is 15.3 Å². The first-order chi connectivity index (χ1) is 8.82. The minimum Gasteiger partial charge on any atom is -0.258 e. The molecule has 100 valence electrons. The van der Waals surface area contributed by atoms with E-state index in [9.17, 15) is 23.3 Å². The number of aromatic nitrogens is 4. The normalized spacial score (nSPS) is 11.6. The number of alkyl halides is 3. The molecule has 0 N–H and O–H groups in total. The third-order valence-corrected chi connectivity index (χ3v) is 2.37. The summed E-state index contributed by atoms with van der Waals surface area (Å²) in [5.41, 5.74) is -3.01. The summed E-state index contributed by atoms with van der Waals surface area (Å²) in [5.74, 6) is -0.161. The predicted octanol–water partition coefficient (Wildman–Crippen LogP) is 2.24. The summed E-state index contributed by atoms with van der Waals surface area (Å²) in [4.78, 5) is 9.42. The van der Waals surface area contributed by atoms with Gasteiger partial charge in [-0.1, -0.05) is 11.6 Å². The molecular formula is C8H3ClF3N5O2. The zero-order chi connectivity index (χ0) is 14.2. The van der Waals surface area contributed by atoms with Crippen molar-refractivity contribution < 1.29 is 18.1 Å². The fraction of sp³-hybridized carbons (Fsp3) is 0.125. The first-order valence-corrected chi connectivity index (χ1v) is 4.98. The highest BCUT2D eigenvalue weighted by Gasteiger charge is 2.45. The van der Waals surface area contributed by atoms with Crippen LogP contribution >= 0.6 is 11.6 Å². The van der Waals surface area contributed by atoms with Crippen LogP contribution in [0.25, 0.3) is 5.82 Å². The molecule has 0 aromatic carbocycles. The predicted molar refractivity (Wildman–Crippen MR) is 55.8 cm³/mol. The molecule has 2 rings (SSSR count). The number of hydrogen-bond donors (Lipinski definition) is 0. The highest BCUT2D eigenvalue weighted by atomic mass is 35.5. The highest BCUT2D eigenvalue weighted by Crippen LogP contribution is 2.39. The van der Waals surface area contributed by atoms with Gasteiger partial charge in [0.25, 0.3) is 0 Å². The van der Waals surface area contributed by atoms with Crippen LogP contribution in [0.1, 0.15) is 5.69 Å². The third kappa shape index (κ3) is 2.34. The maximum absolute atomic E-state index is 12.6. The summed E-state index contributed by atoms with van der Waals surface area (Å²) in [7, 11) is 0. The Morgan fingerprint density at radius 3 is 2.53 bits per heavy atom. The van der Waals surface area contributed by atoms with Crippen LogP contribution in [-0.4, -0.2) is 24.9 Å². The van der Waals surface area contributed by atoms with Crippen LogP contribution in [0.5, 0.6) is 0 Å². The number of nitrogens with zero attached hydrogens (tertiary/aromatic N) is 5. The molecule has 0 saturated carbocycles. The van der Waals surface area contributed by atoms with E-state index in [1.54, 1.807) is 0 Å². The Bertz CT molecular complexity index is 627. The van der Waals surface area contributed by atoms with Crippen molar-refractivity contribution in [2.75, 3.05) is 0 Å². The van der Waals surface area contributed by atoms with Gasteiger partial charge in [-0.3, -0.25) is 10.1 Å². The van der Waals surface area contributed by atoms with E-state index in [1.807, 2.05) is 0 Å². The number of nitro groups is 1. The molecule has 0 aliphatic heterocycles. The van der Waals surface area contributed by atoms with E-state index < -0.39 is 27.6 Å². The average Bonchev–Trinajstić information content (AvgIpc) is 2.68. The second-order valence-electron chi connectivity index (χ2n) is 3.24. The van der Waals surface area contributed by atoms with Crippen LogP contribution in [-0.2, 0) is 6.18 Å². The topological polar surface area (TPSA) is 86.7 Å². The second kappa shape index (κ2) is 4.46. The summed E-state index contributed by atoms with van der Waals surface area (Å²) in [6.45, 7) is 0. The van der Waals surface area contributed by atoms with Gasteiger partial charge in [0.05, 0.1) is 4.92 Å². The summed E-state index contributed by atoms with van der Waals surface area (Å²) >= 11 is 5.56. The number of halogens is 4. The highest BCUT2D eigenvalue weighted by molar-refractivity contribution is 6.32. The van der Waals surface area contributed by atoms with Crippen molar-refractivity contribution in [2.24, 2.45) is 0 Å². The SMILES string of the molecule is O=[N+]([O-])c1c(C(F)(F)F)nn(-c2cccnn2)c1Cl. The van der Waals surface area contributed by atoms with Gasteiger partial charge >= 0.3 is 11.9 Å². The molecule has 11 heteroatoms. The van der Waals surface area contributed by atoms with Gasteiger partial charge in [0.2, 0.25) is 10.8 Å². The van der Waals surface area contributed by atoms with Crippen molar-refractivity contribution in [3.63, 3.8) is 0 Å². The van der Waals surface area contributed by atoms with Crippen molar-refractivity contribution >= 4 is 17.3 Å². The van der Waals surface area contributed by atoms with Crippen LogP contribution in [0.4, 0.5) is 18.9 Å². The van der Waals surface area contributed by atoms with Gasteiger partial charge in [0.1, 0.15) is 0 Å². The smallest absolute Gasteiger partial charge is 0.258 e. The molecule has 0 saturated heterocycles. The molecule has 2 heterocycles. The van der Waals surface area contributed by atoms with E-state index in [4.69, 9.17) is 11.6 Å². The van der Waals surface area contributed by atoms with Crippen LogP contribution in [0, 0.1) is 10.1 Å². The van der Waals surface area contributed by atoms with Crippen molar-refractivity contribution in [1.29, 1.82) is 0 Å². The second-order valence-corrected chi connectivity index (χ2v) is 3.59. The fourth-order valence-corrected chi connectivity index (χ4v) is 1.58. The maximum atomic E-state index is 12.6. The molecule has 0 aliphatic carbocycles. The Morgan fingerprint density at radius 1 is 1.42 bits per heavy atom. The lowest BCUT2D eigenvalue weighted by atomic mass is 10.4. The summed E-state index contributed by atoms with van der Waals surface area (Å²) < 4.78 is 38.4. The van der Waals surface area contributed by atoms with Gasteiger partial charge in [-0.2, -0.15) is 28.1 Å². The number of rotatable bonds is 2. The molecule has 2 aromatic heterocycles. The molecule has 19 heavy (non-hydrogen) atoms. The molecule has 0 fully saturated rings. The zero-order valence-electron chi connectivity index (χ0n) is 8.80. The van der Waals surface area contributed by atoms with E-state index in [1.165, 1.54) is 18.3 Å². The van der Waals surface area contributed by atoms with Crippen molar-refractivity contribution in [3.8, 4) is 5.82 Å². The van der Waals surface area contributed by atoms with E-state index in [-0.39, 0.29) is 5.82 Å². The first kappa shape index (κ1) is 13.2. The van der Waals surface area contributed by atoms with Gasteiger partial charge < -0.3 is 0 Å². The van der Waals surface area contributed by atoms with Crippen molar-refractivity contribution in [3.05, 3.63) is 39.3 Å². The first-order valence-electron chi connectivity index (χ1n) is 4.60. The maximum Gasteiger partial charge on any atom is 0.442 e. The lowest BCUT2D eigenvalue weighted by molar-refractivity contribution is -0.388. The Kier molecular flexibility index (Phi) is 3.10. The van der Waals surface area contributed by atoms with Gasteiger partial charge in [-0.05, 0) is 12.1 Å². The van der Waals surface area contributed by atoms with Crippen molar-refractivity contribution in [1.82, 2.24) is 20.0 Å². The zero-order valence-corrected chi connectivity index (χ0v) is 9.55. The minimum absolute atomic E-state index is 0.161. The van der Waals surface area contributed by atoms with Crippen molar-refractivity contribution in [2.45, 2.75) is 6.18 Å². The van der Waals surface area contributed by atoms with E-state index in [0.29, 0.717) is 4.68 Å². The summed E-state index contributed by atoms with van der Waals surface area (Å²) in [6, 6.07) is 2.63. The molecule has 2 aromatic rings.